The lowest BCUT2D eigenvalue weighted by atomic mass is 10.7. The first kappa shape index (κ1) is 6.61. The Morgan fingerprint density at radius 2 is 2.38 bits per heavy atom. The van der Waals surface area contributed by atoms with E-state index in [1.54, 1.807) is 0 Å². The first-order valence-corrected chi connectivity index (χ1v) is 1.75. The molecule has 0 aliphatic heterocycles. The predicted octanol–water partition coefficient (Wildman–Crippen LogP) is 0.237. The van der Waals surface area contributed by atoms with Crippen molar-refractivity contribution in [1.29, 1.82) is 0 Å². The van der Waals surface area contributed by atoms with Crippen LogP contribution in [0.4, 0.5) is 0 Å². The largest absolute Gasteiger partial charge is 0.411 e. The highest BCUT2D eigenvalue weighted by molar-refractivity contribution is 5.69. The lowest BCUT2D eigenvalue weighted by Gasteiger charge is -1.71. The standard InChI is InChI=1S/C3H4N2O3/c6-4-2-1-3-5(7)8/h1-3,6H/b3-1+,4-2+. The van der Waals surface area contributed by atoms with Crippen molar-refractivity contribution in [3.8, 4) is 0 Å². The Morgan fingerprint density at radius 3 is 2.75 bits per heavy atom. The maximum absolute atomic E-state index is 9.45. The molecule has 8 heavy (non-hydrogen) atoms. The van der Waals surface area contributed by atoms with Crippen molar-refractivity contribution in [2.45, 2.75) is 0 Å². The van der Waals surface area contributed by atoms with E-state index < -0.39 is 4.92 Å². The minimum atomic E-state index is -0.651. The Hall–Kier alpha value is -1.39. The SMILES string of the molecule is O=[N+]([O-])/C=C/C=N/O. The third-order valence-electron chi connectivity index (χ3n) is 0.361. The molecule has 0 atom stereocenters. The third kappa shape index (κ3) is 4.61. The van der Waals surface area contributed by atoms with Gasteiger partial charge in [0.05, 0.1) is 11.1 Å². The fraction of sp³-hybridized carbons (Fsp3) is 0. The average molecular weight is 116 g/mol. The number of rotatable bonds is 2. The lowest BCUT2D eigenvalue weighted by molar-refractivity contribution is -0.402. The van der Waals surface area contributed by atoms with Crippen molar-refractivity contribution in [1.82, 2.24) is 0 Å². The molecule has 0 saturated heterocycles. The molecule has 0 aliphatic carbocycles. The van der Waals surface area contributed by atoms with Gasteiger partial charge in [-0.15, -0.1) is 0 Å². The minimum Gasteiger partial charge on any atom is -0.411 e. The summed E-state index contributed by atoms with van der Waals surface area (Å²) in [4.78, 5) is 8.80. The molecule has 0 fully saturated rings. The topological polar surface area (TPSA) is 75.7 Å². The summed E-state index contributed by atoms with van der Waals surface area (Å²) >= 11 is 0. The number of nitro groups is 1. The molecule has 0 aromatic carbocycles. The molecule has 0 amide bonds. The first-order chi connectivity index (χ1) is 3.77. The van der Waals surface area contributed by atoms with E-state index in [1.807, 2.05) is 0 Å². The van der Waals surface area contributed by atoms with Crippen molar-refractivity contribution in [3.05, 3.63) is 22.4 Å². The molecular weight excluding hydrogens is 112 g/mol. The van der Waals surface area contributed by atoms with Gasteiger partial charge in [-0.05, 0) is 0 Å². The molecule has 0 spiro atoms. The van der Waals surface area contributed by atoms with Gasteiger partial charge in [-0.2, -0.15) is 0 Å². The van der Waals surface area contributed by atoms with E-state index in [0.29, 0.717) is 6.20 Å². The summed E-state index contributed by atoms with van der Waals surface area (Å²) in [5, 5.41) is 19.6. The van der Waals surface area contributed by atoms with Crippen LogP contribution in [0.3, 0.4) is 0 Å². The fourth-order valence-corrected chi connectivity index (χ4v) is 0.147. The van der Waals surface area contributed by atoms with Crippen LogP contribution in [0.1, 0.15) is 0 Å². The van der Waals surface area contributed by atoms with Gasteiger partial charge in [0.15, 0.2) is 0 Å². The minimum absolute atomic E-state index is 0.651. The number of nitrogens with zero attached hydrogens (tertiary/aromatic N) is 2. The average Bonchev–Trinajstić information content (AvgIpc) is 1.66. The summed E-state index contributed by atoms with van der Waals surface area (Å²) in [5.74, 6) is 0. The Morgan fingerprint density at radius 1 is 1.75 bits per heavy atom. The van der Waals surface area contributed by atoms with Gasteiger partial charge >= 0.3 is 0 Å². The van der Waals surface area contributed by atoms with E-state index in [0.717, 1.165) is 12.3 Å². The summed E-state index contributed by atoms with van der Waals surface area (Å²) in [7, 11) is 0. The predicted molar refractivity (Wildman–Crippen MR) is 26.4 cm³/mol. The molecule has 0 heterocycles. The second-order valence-corrected chi connectivity index (χ2v) is 0.891. The molecule has 0 aromatic rings. The van der Waals surface area contributed by atoms with Gasteiger partial charge in [0, 0.05) is 6.08 Å². The van der Waals surface area contributed by atoms with Crippen molar-refractivity contribution in [2.75, 3.05) is 0 Å². The van der Waals surface area contributed by atoms with E-state index in [4.69, 9.17) is 5.21 Å². The highest BCUT2D eigenvalue weighted by atomic mass is 16.6. The zero-order valence-electron chi connectivity index (χ0n) is 3.89. The first-order valence-electron chi connectivity index (χ1n) is 1.75. The highest BCUT2D eigenvalue weighted by Gasteiger charge is 1.77. The molecule has 0 rings (SSSR count). The number of oxime groups is 1. The van der Waals surface area contributed by atoms with Crippen LogP contribution in [0.25, 0.3) is 0 Å². The number of allylic oxidation sites excluding steroid dienone is 1. The van der Waals surface area contributed by atoms with Gasteiger partial charge < -0.3 is 5.21 Å². The van der Waals surface area contributed by atoms with Gasteiger partial charge in [-0.1, -0.05) is 5.16 Å². The van der Waals surface area contributed by atoms with Crippen LogP contribution in [0.15, 0.2) is 17.4 Å². The zero-order chi connectivity index (χ0) is 6.41. The molecule has 5 heteroatoms. The second kappa shape index (κ2) is 3.79. The molecule has 0 bridgehead atoms. The van der Waals surface area contributed by atoms with Crippen LogP contribution in [0.5, 0.6) is 0 Å². The van der Waals surface area contributed by atoms with E-state index >= 15 is 0 Å². The number of hydrogen-bond donors (Lipinski definition) is 1. The summed E-state index contributed by atoms with van der Waals surface area (Å²) in [6, 6.07) is 0. The zero-order valence-corrected chi connectivity index (χ0v) is 3.89. The van der Waals surface area contributed by atoms with Crippen LogP contribution < -0.4 is 0 Å². The Balaban J connectivity index is 3.50. The molecule has 0 aliphatic rings. The molecule has 0 unspecified atom stereocenters. The number of hydrogen-bond acceptors (Lipinski definition) is 4. The Bertz CT molecular complexity index is 128. The van der Waals surface area contributed by atoms with Gasteiger partial charge in [0.2, 0.25) is 6.20 Å². The molecule has 0 radical (unpaired) electrons. The van der Waals surface area contributed by atoms with Crippen LogP contribution in [0.2, 0.25) is 0 Å². The van der Waals surface area contributed by atoms with E-state index in [-0.39, 0.29) is 0 Å². The van der Waals surface area contributed by atoms with Crippen LogP contribution >= 0.6 is 0 Å². The van der Waals surface area contributed by atoms with E-state index in [2.05, 4.69) is 5.16 Å². The maximum Gasteiger partial charge on any atom is 0.236 e. The fourth-order valence-electron chi connectivity index (χ4n) is 0.147. The summed E-state index contributed by atoms with van der Waals surface area (Å²) in [6.45, 7) is 0. The molecule has 0 saturated carbocycles. The molecule has 0 aromatic heterocycles. The van der Waals surface area contributed by atoms with Crippen molar-refractivity contribution in [3.63, 3.8) is 0 Å². The molecule has 5 nitrogen and oxygen atoms in total. The van der Waals surface area contributed by atoms with Crippen LogP contribution in [-0.2, 0) is 0 Å². The summed E-state index contributed by atoms with van der Waals surface area (Å²) < 4.78 is 0. The molecular formula is C3H4N2O3. The van der Waals surface area contributed by atoms with E-state index in [9.17, 15) is 10.1 Å². The van der Waals surface area contributed by atoms with Crippen molar-refractivity contribution in [2.24, 2.45) is 5.16 Å². The third-order valence-corrected chi connectivity index (χ3v) is 0.361. The second-order valence-electron chi connectivity index (χ2n) is 0.891. The van der Waals surface area contributed by atoms with Gasteiger partial charge in [-0.25, -0.2) is 0 Å². The highest BCUT2D eigenvalue weighted by Crippen LogP contribution is 1.68. The Kier molecular flexibility index (Phi) is 3.13. The molecule has 1 N–H and O–H groups in total. The van der Waals surface area contributed by atoms with Crippen molar-refractivity contribution >= 4 is 6.21 Å². The Labute approximate surface area is 45.1 Å². The van der Waals surface area contributed by atoms with Gasteiger partial charge in [-0.3, -0.25) is 10.1 Å². The molecule has 44 valence electrons. The van der Waals surface area contributed by atoms with Crippen molar-refractivity contribution < 1.29 is 10.1 Å². The van der Waals surface area contributed by atoms with Crippen LogP contribution in [0, 0.1) is 10.1 Å². The van der Waals surface area contributed by atoms with Gasteiger partial charge in [0.1, 0.15) is 0 Å². The van der Waals surface area contributed by atoms with E-state index in [1.165, 1.54) is 0 Å². The van der Waals surface area contributed by atoms with Crippen LogP contribution in [-0.4, -0.2) is 16.3 Å². The summed E-state index contributed by atoms with van der Waals surface area (Å²) in [5.41, 5.74) is 0. The smallest absolute Gasteiger partial charge is 0.236 e. The monoisotopic (exact) mass is 116 g/mol. The lowest BCUT2D eigenvalue weighted by Crippen LogP contribution is -1.81. The van der Waals surface area contributed by atoms with Gasteiger partial charge in [0.25, 0.3) is 0 Å². The normalized spacial score (nSPS) is 11.0. The maximum atomic E-state index is 9.45. The quantitative estimate of drug-likeness (QED) is 0.243. The summed E-state index contributed by atoms with van der Waals surface area (Å²) in [6.07, 6.45) is 2.59.